The first-order valence-electron chi connectivity index (χ1n) is 11.9. The second kappa shape index (κ2) is 10.4. The van der Waals surface area contributed by atoms with E-state index in [1.807, 2.05) is 72.9 Å². The third kappa shape index (κ3) is 5.70. The van der Waals surface area contributed by atoms with E-state index < -0.39 is 0 Å². The number of allylic oxidation sites excluding steroid dienone is 1. The smallest absolute Gasteiger partial charge is 0.255 e. The van der Waals surface area contributed by atoms with Crippen LogP contribution in [0.2, 0.25) is 0 Å². The number of benzene rings is 3. The van der Waals surface area contributed by atoms with Gasteiger partial charge in [-0.1, -0.05) is 0 Å². The van der Waals surface area contributed by atoms with E-state index in [1.165, 1.54) is 0 Å². The molecule has 2 aliphatic rings. The average molecular weight is 468 g/mol. The molecule has 0 spiro atoms. The summed E-state index contributed by atoms with van der Waals surface area (Å²) in [4.78, 5) is 21.3. The van der Waals surface area contributed by atoms with Gasteiger partial charge < -0.3 is 25.5 Å². The van der Waals surface area contributed by atoms with E-state index in [1.54, 1.807) is 6.21 Å². The van der Waals surface area contributed by atoms with Gasteiger partial charge in [0, 0.05) is 59.5 Å². The van der Waals surface area contributed by atoms with Crippen molar-refractivity contribution in [3.8, 4) is 0 Å². The van der Waals surface area contributed by atoms with Crippen molar-refractivity contribution in [1.82, 2.24) is 0 Å². The van der Waals surface area contributed by atoms with Gasteiger partial charge in [-0.05, 0) is 91.7 Å². The number of hydrogen-bond acceptors (Lipinski definition) is 6. The van der Waals surface area contributed by atoms with Crippen molar-refractivity contribution in [3.05, 3.63) is 90.6 Å². The molecule has 0 bridgehead atoms. The van der Waals surface area contributed by atoms with E-state index in [4.69, 9.17) is 0 Å². The Balaban J connectivity index is 1.15. The minimum Gasteiger partial charge on any atom is -0.393 e. The summed E-state index contributed by atoms with van der Waals surface area (Å²) >= 11 is 0. The van der Waals surface area contributed by atoms with Crippen LogP contribution >= 0.6 is 0 Å². The molecule has 1 amide bonds. The van der Waals surface area contributed by atoms with Crippen molar-refractivity contribution in [3.63, 3.8) is 0 Å². The van der Waals surface area contributed by atoms with Gasteiger partial charge in [-0.2, -0.15) is 0 Å². The second-order valence-electron chi connectivity index (χ2n) is 8.75. The number of piperidine rings is 1. The molecule has 0 aliphatic carbocycles. The monoisotopic (exact) mass is 467 g/mol. The van der Waals surface area contributed by atoms with Crippen LogP contribution in [0.25, 0.3) is 0 Å². The molecule has 1 fully saturated rings. The van der Waals surface area contributed by atoms with Crippen LogP contribution in [0, 0.1) is 0 Å². The van der Waals surface area contributed by atoms with E-state index >= 15 is 0 Å². The first kappa shape index (κ1) is 22.7. The lowest BCUT2D eigenvalue weighted by atomic mass is 10.1. The van der Waals surface area contributed by atoms with E-state index in [2.05, 4.69) is 37.6 Å². The SMILES string of the molecule is O=C(Nc1ccc(Nc2ccc(N3C=CC=NC3)cc2)cc1)c1ccc(N2CCC(O)CC2)cc1. The Morgan fingerprint density at radius 3 is 2.06 bits per heavy atom. The Morgan fingerprint density at radius 2 is 1.43 bits per heavy atom. The highest BCUT2D eigenvalue weighted by Gasteiger charge is 2.17. The molecule has 2 heterocycles. The summed E-state index contributed by atoms with van der Waals surface area (Å²) in [6, 6.07) is 23.5. The van der Waals surface area contributed by atoms with Gasteiger partial charge in [-0.3, -0.25) is 9.79 Å². The Morgan fingerprint density at radius 1 is 0.829 bits per heavy atom. The van der Waals surface area contributed by atoms with Gasteiger partial charge in [0.25, 0.3) is 5.91 Å². The maximum absolute atomic E-state index is 12.7. The Kier molecular flexibility index (Phi) is 6.77. The molecule has 2 aliphatic heterocycles. The first-order chi connectivity index (χ1) is 17.1. The van der Waals surface area contributed by atoms with Gasteiger partial charge in [0.15, 0.2) is 0 Å². The van der Waals surface area contributed by atoms with Gasteiger partial charge in [0.05, 0.1) is 6.10 Å². The van der Waals surface area contributed by atoms with Crippen LogP contribution in [0.1, 0.15) is 23.2 Å². The van der Waals surface area contributed by atoms with Crippen LogP contribution in [0.4, 0.5) is 28.4 Å². The summed E-state index contributed by atoms with van der Waals surface area (Å²) in [5.41, 5.74) is 5.44. The molecule has 0 radical (unpaired) electrons. The van der Waals surface area contributed by atoms with Crippen molar-refractivity contribution >= 4 is 40.6 Å². The Hall–Kier alpha value is -4.10. The van der Waals surface area contributed by atoms with Crippen molar-refractivity contribution < 1.29 is 9.90 Å². The zero-order valence-corrected chi connectivity index (χ0v) is 19.5. The number of hydrogen-bond donors (Lipinski definition) is 3. The molecule has 3 aromatic rings. The number of anilines is 5. The number of amides is 1. The highest BCUT2D eigenvalue weighted by atomic mass is 16.3. The summed E-state index contributed by atoms with van der Waals surface area (Å²) in [7, 11) is 0. The number of aliphatic hydroxyl groups is 1. The van der Waals surface area contributed by atoms with E-state index in [0.717, 1.165) is 54.4 Å². The molecule has 178 valence electrons. The zero-order valence-electron chi connectivity index (χ0n) is 19.5. The number of aliphatic imine (C=N–C) groups is 1. The van der Waals surface area contributed by atoms with Crippen LogP contribution < -0.4 is 20.4 Å². The minimum atomic E-state index is -0.198. The van der Waals surface area contributed by atoms with Crippen molar-refractivity contribution in [2.45, 2.75) is 18.9 Å². The highest BCUT2D eigenvalue weighted by Crippen LogP contribution is 2.24. The highest BCUT2D eigenvalue weighted by molar-refractivity contribution is 6.04. The second-order valence-corrected chi connectivity index (χ2v) is 8.75. The van der Waals surface area contributed by atoms with Gasteiger partial charge in [0.2, 0.25) is 0 Å². The van der Waals surface area contributed by atoms with Gasteiger partial charge in [0.1, 0.15) is 6.67 Å². The summed E-state index contributed by atoms with van der Waals surface area (Å²) in [6.45, 7) is 2.30. The quantitative estimate of drug-likeness (QED) is 0.475. The van der Waals surface area contributed by atoms with E-state index in [0.29, 0.717) is 12.2 Å². The zero-order chi connectivity index (χ0) is 24.0. The van der Waals surface area contributed by atoms with Crippen LogP contribution in [0.3, 0.4) is 0 Å². The summed E-state index contributed by atoms with van der Waals surface area (Å²) in [6.07, 6.45) is 7.10. The first-order valence-corrected chi connectivity index (χ1v) is 11.9. The van der Waals surface area contributed by atoms with Crippen LogP contribution in [-0.2, 0) is 0 Å². The number of carbonyl (C=O) groups is 1. The largest absolute Gasteiger partial charge is 0.393 e. The number of nitrogens with one attached hydrogen (secondary N) is 2. The molecule has 7 nitrogen and oxygen atoms in total. The lowest BCUT2D eigenvalue weighted by Gasteiger charge is -2.31. The number of aliphatic hydroxyl groups excluding tert-OH is 1. The summed E-state index contributed by atoms with van der Waals surface area (Å²) in [5, 5.41) is 16.0. The van der Waals surface area contributed by atoms with Gasteiger partial charge >= 0.3 is 0 Å². The van der Waals surface area contributed by atoms with Gasteiger partial charge in [-0.15, -0.1) is 0 Å². The van der Waals surface area contributed by atoms with Crippen molar-refractivity contribution in [2.24, 2.45) is 4.99 Å². The molecule has 35 heavy (non-hydrogen) atoms. The molecule has 0 saturated carbocycles. The molecule has 3 N–H and O–H groups in total. The molecular formula is C28H29N5O2. The molecule has 1 saturated heterocycles. The van der Waals surface area contributed by atoms with Crippen molar-refractivity contribution in [2.75, 3.05) is 40.2 Å². The average Bonchev–Trinajstić information content (AvgIpc) is 2.91. The summed E-state index contributed by atoms with van der Waals surface area (Å²) in [5.74, 6) is -0.141. The third-order valence-corrected chi connectivity index (χ3v) is 6.28. The predicted molar refractivity (Wildman–Crippen MR) is 143 cm³/mol. The lowest BCUT2D eigenvalue weighted by molar-refractivity contribution is 0.102. The molecule has 0 unspecified atom stereocenters. The third-order valence-electron chi connectivity index (χ3n) is 6.28. The van der Waals surface area contributed by atoms with Crippen LogP contribution in [0.5, 0.6) is 0 Å². The van der Waals surface area contributed by atoms with E-state index in [-0.39, 0.29) is 12.0 Å². The van der Waals surface area contributed by atoms with Crippen LogP contribution in [-0.4, -0.2) is 43.1 Å². The molecule has 0 atom stereocenters. The fourth-order valence-corrected chi connectivity index (χ4v) is 4.24. The Labute approximate surface area is 205 Å². The molecule has 7 heteroatoms. The normalized spacial score (nSPS) is 15.8. The maximum atomic E-state index is 12.7. The lowest BCUT2D eigenvalue weighted by Crippen LogP contribution is -2.35. The number of carbonyl (C=O) groups excluding carboxylic acids is 1. The minimum absolute atomic E-state index is 0.141. The van der Waals surface area contributed by atoms with E-state index in [9.17, 15) is 9.90 Å². The fourth-order valence-electron chi connectivity index (χ4n) is 4.24. The van der Waals surface area contributed by atoms with Crippen molar-refractivity contribution in [1.29, 1.82) is 0 Å². The molecule has 3 aromatic carbocycles. The van der Waals surface area contributed by atoms with Gasteiger partial charge in [-0.25, -0.2) is 0 Å². The maximum Gasteiger partial charge on any atom is 0.255 e. The molecular weight excluding hydrogens is 438 g/mol. The standard InChI is InChI=1S/C28H29N5O2/c34-27-14-18-32(19-15-27)25-10-2-21(3-11-25)28(35)31-24-6-4-22(5-7-24)30-23-8-12-26(13-9-23)33-17-1-16-29-20-33/h1-13,16-17,27,30,34H,14-15,18-20H2,(H,31,35). The summed E-state index contributed by atoms with van der Waals surface area (Å²) < 4.78 is 0. The predicted octanol–water partition coefficient (Wildman–Crippen LogP) is 5.01. The molecule has 0 aromatic heterocycles. The molecule has 5 rings (SSSR count). The van der Waals surface area contributed by atoms with Crippen LogP contribution in [0.15, 0.2) is 90.1 Å². The number of nitrogens with zero attached hydrogens (tertiary/aromatic N) is 3. The number of rotatable bonds is 6. The Bertz CT molecular complexity index is 1200. The topological polar surface area (TPSA) is 80.2 Å². The fraction of sp³-hybridized carbons (Fsp3) is 0.214.